The molecule has 0 unspecified atom stereocenters. The highest BCUT2D eigenvalue weighted by Crippen LogP contribution is 2.35. The maximum Gasteiger partial charge on any atom is 0.303 e. The van der Waals surface area contributed by atoms with Crippen LogP contribution in [0.3, 0.4) is 0 Å². The first-order valence-corrected chi connectivity index (χ1v) is 11.2. The average Bonchev–Trinajstić information content (AvgIpc) is 2.87. The van der Waals surface area contributed by atoms with E-state index in [1.807, 2.05) is 42.5 Å². The van der Waals surface area contributed by atoms with Gasteiger partial charge in [0.1, 0.15) is 5.82 Å². The van der Waals surface area contributed by atoms with Crippen LogP contribution in [0, 0.1) is 0 Å². The summed E-state index contributed by atoms with van der Waals surface area (Å²) in [5.74, 6) is 1.40. The minimum absolute atomic E-state index is 0.135. The Morgan fingerprint density at radius 1 is 0.971 bits per heavy atom. The fourth-order valence-corrected chi connectivity index (χ4v) is 3.73. The molecule has 0 atom stereocenters. The number of aliphatic carboxylic acids is 1. The number of aryl methyl sites for hydroxylation is 1. The van der Waals surface area contributed by atoms with Gasteiger partial charge < -0.3 is 25.2 Å². The largest absolute Gasteiger partial charge is 0.493 e. The number of aromatic nitrogens is 3. The zero-order chi connectivity index (χ0) is 24.6. The van der Waals surface area contributed by atoms with E-state index in [0.29, 0.717) is 42.5 Å². The monoisotopic (exact) mass is 473 g/mol. The van der Waals surface area contributed by atoms with Gasteiger partial charge in [-0.05, 0) is 49.1 Å². The Hall–Kier alpha value is -4.40. The molecule has 0 aliphatic rings. The number of pyridine rings is 1. The predicted molar refractivity (Wildman–Crippen MR) is 135 cm³/mol. The molecule has 0 amide bonds. The van der Waals surface area contributed by atoms with Gasteiger partial charge >= 0.3 is 5.97 Å². The first-order chi connectivity index (χ1) is 17.1. The van der Waals surface area contributed by atoms with Crippen LogP contribution >= 0.6 is 0 Å². The van der Waals surface area contributed by atoms with Crippen LogP contribution in [-0.2, 0) is 11.2 Å². The first kappa shape index (κ1) is 23.7. The van der Waals surface area contributed by atoms with E-state index in [-0.39, 0.29) is 6.42 Å². The molecule has 0 radical (unpaired) electrons. The van der Waals surface area contributed by atoms with Crippen molar-refractivity contribution in [3.8, 4) is 11.5 Å². The van der Waals surface area contributed by atoms with Crippen LogP contribution in [0.4, 0.5) is 23.1 Å². The Kier molecular flexibility index (Phi) is 7.57. The number of ether oxygens (including phenoxy) is 2. The molecule has 3 N–H and O–H groups in total. The van der Waals surface area contributed by atoms with Crippen molar-refractivity contribution in [3.05, 3.63) is 66.5 Å². The standard InChI is InChI=1S/C26H27N5O4/c1-34-22-14-18(8-4-6-10-25(32)33)21(15-23(22)35-2)30-26-27-12-11-24(31-26)29-19-13-17-7-3-5-9-20(17)28-16-19/h3,5,7,9,11-16H,4,6,8,10H2,1-2H3,(H,32,33)(H2,27,29,30,31). The van der Waals surface area contributed by atoms with E-state index in [1.54, 1.807) is 32.7 Å². The molecular weight excluding hydrogens is 446 g/mol. The van der Waals surface area contributed by atoms with E-state index in [4.69, 9.17) is 14.6 Å². The molecule has 9 heteroatoms. The molecule has 2 heterocycles. The van der Waals surface area contributed by atoms with Gasteiger partial charge in [-0.1, -0.05) is 18.2 Å². The highest BCUT2D eigenvalue weighted by atomic mass is 16.5. The average molecular weight is 474 g/mol. The number of rotatable bonds is 11. The van der Waals surface area contributed by atoms with Crippen molar-refractivity contribution in [2.45, 2.75) is 25.7 Å². The van der Waals surface area contributed by atoms with E-state index in [1.165, 1.54) is 0 Å². The maximum atomic E-state index is 10.9. The summed E-state index contributed by atoms with van der Waals surface area (Å²) in [6.45, 7) is 0. The van der Waals surface area contributed by atoms with Crippen LogP contribution in [-0.4, -0.2) is 40.2 Å². The van der Waals surface area contributed by atoms with Gasteiger partial charge in [0.05, 0.1) is 31.6 Å². The molecule has 0 saturated carbocycles. The number of anilines is 4. The van der Waals surface area contributed by atoms with Crippen molar-refractivity contribution in [3.63, 3.8) is 0 Å². The SMILES string of the molecule is COc1cc(CCCCC(=O)O)c(Nc2nccc(Nc3cnc4ccccc4c3)n2)cc1OC. The lowest BCUT2D eigenvalue weighted by molar-refractivity contribution is -0.137. The molecule has 35 heavy (non-hydrogen) atoms. The van der Waals surface area contributed by atoms with E-state index >= 15 is 0 Å². The van der Waals surface area contributed by atoms with E-state index in [0.717, 1.165) is 27.8 Å². The van der Waals surface area contributed by atoms with Gasteiger partial charge in [-0.25, -0.2) is 4.98 Å². The lowest BCUT2D eigenvalue weighted by Gasteiger charge is -2.16. The Labute approximate surface area is 203 Å². The molecule has 9 nitrogen and oxygen atoms in total. The van der Waals surface area contributed by atoms with Crippen LogP contribution in [0.25, 0.3) is 10.9 Å². The van der Waals surface area contributed by atoms with Crippen molar-refractivity contribution >= 4 is 40.0 Å². The number of unbranched alkanes of at least 4 members (excludes halogenated alkanes) is 1. The summed E-state index contributed by atoms with van der Waals surface area (Å²) in [4.78, 5) is 24.3. The van der Waals surface area contributed by atoms with Crippen molar-refractivity contribution in [2.24, 2.45) is 0 Å². The third-order valence-electron chi connectivity index (χ3n) is 5.46. The van der Waals surface area contributed by atoms with Gasteiger partial charge in [-0.2, -0.15) is 4.98 Å². The lowest BCUT2D eigenvalue weighted by atomic mass is 10.0. The van der Waals surface area contributed by atoms with Crippen molar-refractivity contribution in [1.29, 1.82) is 0 Å². The number of carboxylic acid groups (broad SMARTS) is 1. The molecular formula is C26H27N5O4. The maximum absolute atomic E-state index is 10.9. The van der Waals surface area contributed by atoms with Gasteiger partial charge in [-0.15, -0.1) is 0 Å². The second-order valence-electron chi connectivity index (χ2n) is 7.90. The Morgan fingerprint density at radius 2 is 1.77 bits per heavy atom. The van der Waals surface area contributed by atoms with Gasteiger partial charge in [0.15, 0.2) is 11.5 Å². The van der Waals surface area contributed by atoms with E-state index in [2.05, 4.69) is 25.6 Å². The minimum atomic E-state index is -0.796. The van der Waals surface area contributed by atoms with Gasteiger partial charge in [0.25, 0.3) is 0 Å². The molecule has 0 spiro atoms. The topological polar surface area (TPSA) is 118 Å². The quantitative estimate of drug-likeness (QED) is 0.248. The van der Waals surface area contributed by atoms with Gasteiger partial charge in [0.2, 0.25) is 5.95 Å². The summed E-state index contributed by atoms with van der Waals surface area (Å²) in [6.07, 6.45) is 5.53. The number of hydrogen-bond donors (Lipinski definition) is 3. The summed E-state index contributed by atoms with van der Waals surface area (Å²) in [7, 11) is 3.16. The van der Waals surface area contributed by atoms with Gasteiger partial charge in [-0.3, -0.25) is 9.78 Å². The fourth-order valence-electron chi connectivity index (χ4n) is 3.73. The van der Waals surface area contributed by atoms with E-state index < -0.39 is 5.97 Å². The Morgan fingerprint density at radius 3 is 2.57 bits per heavy atom. The number of nitrogens with one attached hydrogen (secondary N) is 2. The summed E-state index contributed by atoms with van der Waals surface area (Å²) in [6, 6.07) is 15.4. The number of carbonyl (C=O) groups is 1. The van der Waals surface area contributed by atoms with Crippen LogP contribution in [0.2, 0.25) is 0 Å². The van der Waals surface area contributed by atoms with Crippen LogP contribution in [0.15, 0.2) is 60.9 Å². The molecule has 0 saturated heterocycles. The summed E-state index contributed by atoms with van der Waals surface area (Å²) in [5, 5.41) is 16.5. The lowest BCUT2D eigenvalue weighted by Crippen LogP contribution is -2.04. The minimum Gasteiger partial charge on any atom is -0.493 e. The van der Waals surface area contributed by atoms with Crippen molar-refractivity contribution in [2.75, 3.05) is 24.9 Å². The third kappa shape index (κ3) is 6.14. The smallest absolute Gasteiger partial charge is 0.303 e. The number of hydrogen-bond acceptors (Lipinski definition) is 8. The fraction of sp³-hybridized carbons (Fsp3) is 0.231. The molecule has 0 aliphatic heterocycles. The van der Waals surface area contributed by atoms with Crippen LogP contribution in [0.5, 0.6) is 11.5 Å². The normalized spacial score (nSPS) is 10.7. The highest BCUT2D eigenvalue weighted by Gasteiger charge is 2.13. The van der Waals surface area contributed by atoms with E-state index in [9.17, 15) is 4.79 Å². The van der Waals surface area contributed by atoms with Crippen LogP contribution < -0.4 is 20.1 Å². The first-order valence-electron chi connectivity index (χ1n) is 11.2. The highest BCUT2D eigenvalue weighted by molar-refractivity contribution is 5.82. The Bertz CT molecular complexity index is 1330. The second kappa shape index (κ2) is 11.1. The molecule has 0 aliphatic carbocycles. The molecule has 4 rings (SSSR count). The van der Waals surface area contributed by atoms with Gasteiger partial charge in [0, 0.05) is 29.8 Å². The molecule has 0 bridgehead atoms. The number of benzene rings is 2. The van der Waals surface area contributed by atoms with Crippen LogP contribution in [0.1, 0.15) is 24.8 Å². The Balaban J connectivity index is 1.55. The van der Waals surface area contributed by atoms with Crippen molar-refractivity contribution in [1.82, 2.24) is 15.0 Å². The zero-order valence-corrected chi connectivity index (χ0v) is 19.6. The second-order valence-corrected chi connectivity index (χ2v) is 7.90. The summed E-state index contributed by atoms with van der Waals surface area (Å²) in [5.41, 5.74) is 3.46. The predicted octanol–water partition coefficient (Wildman–Crippen LogP) is 5.33. The molecule has 2 aromatic carbocycles. The summed E-state index contributed by atoms with van der Waals surface area (Å²) < 4.78 is 10.9. The number of fused-ring (bicyclic) bond motifs is 1. The molecule has 0 fully saturated rings. The molecule has 180 valence electrons. The summed E-state index contributed by atoms with van der Waals surface area (Å²) >= 11 is 0. The number of carboxylic acids is 1. The van der Waals surface area contributed by atoms with Crippen molar-refractivity contribution < 1.29 is 19.4 Å². The number of methoxy groups -OCH3 is 2. The number of para-hydroxylation sites is 1. The third-order valence-corrected chi connectivity index (χ3v) is 5.46. The zero-order valence-electron chi connectivity index (χ0n) is 19.6. The molecule has 2 aromatic heterocycles. The number of nitrogens with zero attached hydrogens (tertiary/aromatic N) is 3. The molecule has 4 aromatic rings.